The molecule has 3 rings (SSSR count). The molecule has 0 bridgehead atoms. The number of esters is 2. The van der Waals surface area contributed by atoms with Crippen LogP contribution in [0.15, 0.2) is 48.5 Å². The van der Waals surface area contributed by atoms with Gasteiger partial charge >= 0.3 is 11.9 Å². The van der Waals surface area contributed by atoms with E-state index in [1.807, 2.05) is 13.8 Å². The van der Waals surface area contributed by atoms with Crippen molar-refractivity contribution in [2.45, 2.75) is 258 Å². The lowest BCUT2D eigenvalue weighted by Gasteiger charge is -2.18. The summed E-state index contributed by atoms with van der Waals surface area (Å²) in [6.07, 6.45) is 48.1. The van der Waals surface area contributed by atoms with Crippen LogP contribution in [0, 0.1) is 0 Å². The maximum absolute atomic E-state index is 11.4. The minimum absolute atomic E-state index is 0.0383. The highest BCUT2D eigenvalue weighted by Crippen LogP contribution is 2.43. The number of ether oxygens (including phenoxy) is 4. The van der Waals surface area contributed by atoms with Crippen molar-refractivity contribution in [3.05, 3.63) is 48.5 Å². The Morgan fingerprint density at radius 2 is 0.500 bits per heavy atom. The predicted octanol–water partition coefficient (Wildman–Crippen LogP) is 18.7. The number of rotatable bonds is 46. The molecule has 0 aromatic heterocycles. The van der Waals surface area contributed by atoms with E-state index in [9.17, 15) is 9.59 Å². The maximum atomic E-state index is 11.4. The molecule has 0 saturated carbocycles. The highest BCUT2D eigenvalue weighted by molar-refractivity contribution is 6.11. The summed E-state index contributed by atoms with van der Waals surface area (Å²) in [4.78, 5) is 22.8. The van der Waals surface area contributed by atoms with Gasteiger partial charge in [-0.05, 0) is 39.5 Å². The van der Waals surface area contributed by atoms with Gasteiger partial charge in [0.25, 0.3) is 0 Å². The second-order valence-electron chi connectivity index (χ2n) is 19.3. The molecule has 0 atom stereocenters. The third-order valence-corrected chi connectivity index (χ3v) is 13.5. The van der Waals surface area contributed by atoms with Crippen LogP contribution in [-0.4, -0.2) is 38.4 Å². The summed E-state index contributed by atoms with van der Waals surface area (Å²) in [5.41, 5.74) is 0. The third-order valence-electron chi connectivity index (χ3n) is 13.5. The van der Waals surface area contributed by atoms with E-state index in [2.05, 4.69) is 48.5 Å². The molecule has 374 valence electrons. The summed E-state index contributed by atoms with van der Waals surface area (Å²) in [7, 11) is 0. The zero-order valence-corrected chi connectivity index (χ0v) is 42.8. The van der Waals surface area contributed by atoms with Crippen molar-refractivity contribution in [2.24, 2.45) is 0 Å². The fourth-order valence-electron chi connectivity index (χ4n) is 9.57. The zero-order chi connectivity index (χ0) is 46.8. The second-order valence-corrected chi connectivity index (χ2v) is 19.3. The van der Waals surface area contributed by atoms with Gasteiger partial charge in [-0.15, -0.1) is 0 Å². The zero-order valence-electron chi connectivity index (χ0n) is 42.8. The van der Waals surface area contributed by atoms with E-state index in [0.717, 1.165) is 84.8 Å². The normalized spacial score (nSPS) is 11.4. The van der Waals surface area contributed by atoms with Crippen molar-refractivity contribution in [1.29, 1.82) is 0 Å². The van der Waals surface area contributed by atoms with Crippen LogP contribution in [0.4, 0.5) is 0 Å². The summed E-state index contributed by atoms with van der Waals surface area (Å²) in [5.74, 6) is 1.94. The number of hydrogen-bond acceptors (Lipinski definition) is 6. The average molecular weight is 915 g/mol. The molecule has 0 N–H and O–H groups in total. The van der Waals surface area contributed by atoms with Crippen molar-refractivity contribution >= 4 is 33.5 Å². The average Bonchev–Trinajstić information content (AvgIpc) is 3.33. The quantitative estimate of drug-likeness (QED) is 0.0319. The fourth-order valence-corrected chi connectivity index (χ4v) is 9.57. The molecule has 0 fully saturated rings. The van der Waals surface area contributed by atoms with Gasteiger partial charge in [-0.2, -0.15) is 0 Å². The van der Waals surface area contributed by atoms with Crippen LogP contribution in [0.3, 0.4) is 0 Å². The molecule has 0 aliphatic rings. The molecule has 0 heterocycles. The molecule has 0 amide bonds. The number of carbonyl (C=O) groups excluding carboxylic acids is 2. The maximum Gasteiger partial charge on any atom is 0.305 e. The number of hydrogen-bond donors (Lipinski definition) is 0. The van der Waals surface area contributed by atoms with Crippen LogP contribution in [-0.2, 0) is 19.1 Å². The van der Waals surface area contributed by atoms with Gasteiger partial charge in [0, 0.05) is 34.4 Å². The first-order valence-corrected chi connectivity index (χ1v) is 28.2. The van der Waals surface area contributed by atoms with Crippen LogP contribution >= 0.6 is 0 Å². The van der Waals surface area contributed by atoms with E-state index in [1.165, 1.54) is 193 Å². The molecule has 3 aromatic carbocycles. The van der Waals surface area contributed by atoms with E-state index in [0.29, 0.717) is 26.1 Å². The van der Waals surface area contributed by atoms with Gasteiger partial charge in [0.05, 0.1) is 26.4 Å². The van der Waals surface area contributed by atoms with Gasteiger partial charge in [0.15, 0.2) is 0 Å². The van der Waals surface area contributed by atoms with E-state index in [1.54, 1.807) is 0 Å². The summed E-state index contributed by atoms with van der Waals surface area (Å²) < 4.78 is 23.2. The Hall–Kier alpha value is -3.28. The van der Waals surface area contributed by atoms with Crippen molar-refractivity contribution < 1.29 is 28.5 Å². The first kappa shape index (κ1) is 57.0. The van der Waals surface area contributed by atoms with Crippen LogP contribution in [0.2, 0.25) is 0 Å². The molecule has 0 unspecified atom stereocenters. The number of carbonyl (C=O) groups is 2. The van der Waals surface area contributed by atoms with Gasteiger partial charge in [-0.25, -0.2) is 0 Å². The number of benzene rings is 3. The van der Waals surface area contributed by atoms with Crippen molar-refractivity contribution in [1.82, 2.24) is 0 Å². The predicted molar refractivity (Wildman–Crippen MR) is 281 cm³/mol. The smallest absolute Gasteiger partial charge is 0.305 e. The van der Waals surface area contributed by atoms with Crippen molar-refractivity contribution in [2.75, 3.05) is 26.4 Å². The van der Waals surface area contributed by atoms with Crippen LogP contribution < -0.4 is 9.47 Å². The van der Waals surface area contributed by atoms with E-state index >= 15 is 0 Å². The Labute approximate surface area is 404 Å². The molecular formula is C60H98O6. The standard InChI is InChI=1S/C60H98O6/c1-3-63-57(61)49-37-33-29-25-21-17-13-9-5-7-11-15-19-23-27-31-35-43-51-65-59-53-45-39-41-47-55(53)60(56-48-42-40-46-54(56)59)66-52-44-36-32-28-24-20-16-12-8-6-10-14-18-22-26-30-34-38-50-58(62)64-4-2/h39-42,45-48H,3-38,43-44,49-52H2,1-2H3. The van der Waals surface area contributed by atoms with E-state index < -0.39 is 0 Å². The summed E-state index contributed by atoms with van der Waals surface area (Å²) in [5, 5.41) is 4.64. The second kappa shape index (κ2) is 40.8. The molecule has 0 aliphatic carbocycles. The Kier molecular flexibility index (Phi) is 35.2. The van der Waals surface area contributed by atoms with E-state index in [-0.39, 0.29) is 11.9 Å². The molecule has 0 radical (unpaired) electrons. The summed E-state index contributed by atoms with van der Waals surface area (Å²) in [6.45, 7) is 6.26. The van der Waals surface area contributed by atoms with Gasteiger partial charge in [-0.1, -0.05) is 254 Å². The lowest BCUT2D eigenvalue weighted by Crippen LogP contribution is -2.03. The third kappa shape index (κ3) is 27.5. The fraction of sp³-hybridized carbons (Fsp3) is 0.733. The molecule has 6 nitrogen and oxygen atoms in total. The Morgan fingerprint density at radius 1 is 0.303 bits per heavy atom. The molecule has 0 saturated heterocycles. The van der Waals surface area contributed by atoms with Gasteiger partial charge in [0.2, 0.25) is 0 Å². The van der Waals surface area contributed by atoms with Crippen LogP contribution in [0.25, 0.3) is 21.5 Å². The van der Waals surface area contributed by atoms with Gasteiger partial charge in [0.1, 0.15) is 11.5 Å². The first-order valence-electron chi connectivity index (χ1n) is 28.2. The largest absolute Gasteiger partial charge is 0.492 e. The first-order chi connectivity index (χ1) is 32.7. The highest BCUT2D eigenvalue weighted by Gasteiger charge is 2.16. The molecule has 0 spiro atoms. The summed E-state index contributed by atoms with van der Waals surface area (Å²) in [6, 6.07) is 17.3. The van der Waals surface area contributed by atoms with Crippen LogP contribution in [0.5, 0.6) is 11.5 Å². The van der Waals surface area contributed by atoms with Gasteiger partial charge < -0.3 is 18.9 Å². The van der Waals surface area contributed by atoms with Crippen molar-refractivity contribution in [3.63, 3.8) is 0 Å². The molecular weight excluding hydrogens is 817 g/mol. The van der Waals surface area contributed by atoms with E-state index in [4.69, 9.17) is 18.9 Å². The summed E-state index contributed by atoms with van der Waals surface area (Å²) >= 11 is 0. The van der Waals surface area contributed by atoms with Gasteiger partial charge in [-0.3, -0.25) is 9.59 Å². The van der Waals surface area contributed by atoms with Crippen LogP contribution in [0.1, 0.15) is 258 Å². The molecule has 3 aromatic rings. The Balaban J connectivity index is 1.15. The SMILES string of the molecule is CCOC(=O)CCCCCCCCCCCCCCCCCCCCOc1c2ccccc2c(OCCCCCCCCCCCCCCCCCCCCC(=O)OCC)c2ccccc12. The highest BCUT2D eigenvalue weighted by atomic mass is 16.5. The lowest BCUT2D eigenvalue weighted by atomic mass is 10.0. The Bertz CT molecular complexity index is 1440. The lowest BCUT2D eigenvalue weighted by molar-refractivity contribution is -0.144. The number of fused-ring (bicyclic) bond motifs is 2. The number of unbranched alkanes of at least 4 members (excludes halogenated alkanes) is 34. The molecule has 66 heavy (non-hydrogen) atoms. The Morgan fingerprint density at radius 3 is 0.712 bits per heavy atom. The minimum Gasteiger partial charge on any atom is -0.492 e. The molecule has 0 aliphatic heterocycles. The minimum atomic E-state index is -0.0383. The van der Waals surface area contributed by atoms with Crippen molar-refractivity contribution in [3.8, 4) is 11.5 Å². The monoisotopic (exact) mass is 915 g/mol. The topological polar surface area (TPSA) is 71.1 Å². The molecule has 6 heteroatoms.